The van der Waals surface area contributed by atoms with Crippen LogP contribution < -0.4 is 0 Å². The zero-order valence-corrected chi connectivity index (χ0v) is 18.9. The lowest BCUT2D eigenvalue weighted by Crippen LogP contribution is -2.30. The second-order valence-corrected chi connectivity index (χ2v) is 10.4. The SMILES string of the molecule is CC(C)c1ccc(Cc2nc3cc(C#N)ccc3n2[C@H]2C[C@@H](C)CC(C)(C)C2)cc1. The van der Waals surface area contributed by atoms with Crippen molar-refractivity contribution in [3.8, 4) is 6.07 Å². The normalized spacial score (nSPS) is 21.1. The highest BCUT2D eigenvalue weighted by molar-refractivity contribution is 5.78. The maximum atomic E-state index is 9.35. The van der Waals surface area contributed by atoms with E-state index in [1.54, 1.807) is 0 Å². The third-order valence-electron chi connectivity index (χ3n) is 6.63. The summed E-state index contributed by atoms with van der Waals surface area (Å²) in [6, 6.07) is 17.7. The number of hydrogen-bond donors (Lipinski definition) is 0. The van der Waals surface area contributed by atoms with Gasteiger partial charge in [0.05, 0.1) is 22.7 Å². The van der Waals surface area contributed by atoms with E-state index in [9.17, 15) is 5.26 Å². The molecule has 156 valence electrons. The van der Waals surface area contributed by atoms with Crippen molar-refractivity contribution in [3.05, 3.63) is 65.0 Å². The lowest BCUT2D eigenvalue weighted by atomic mass is 9.70. The van der Waals surface area contributed by atoms with Crippen molar-refractivity contribution in [3.63, 3.8) is 0 Å². The summed E-state index contributed by atoms with van der Waals surface area (Å²) in [6.07, 6.45) is 4.46. The van der Waals surface area contributed by atoms with Gasteiger partial charge in [-0.05, 0) is 65.8 Å². The molecule has 1 heterocycles. The molecule has 3 heteroatoms. The van der Waals surface area contributed by atoms with Crippen molar-refractivity contribution in [1.29, 1.82) is 5.26 Å². The first-order valence-electron chi connectivity index (χ1n) is 11.3. The number of hydrogen-bond acceptors (Lipinski definition) is 2. The van der Waals surface area contributed by atoms with Crippen LogP contribution in [0.15, 0.2) is 42.5 Å². The molecule has 0 bridgehead atoms. The minimum Gasteiger partial charge on any atom is -0.325 e. The molecule has 30 heavy (non-hydrogen) atoms. The van der Waals surface area contributed by atoms with E-state index in [1.807, 2.05) is 12.1 Å². The van der Waals surface area contributed by atoms with E-state index < -0.39 is 0 Å². The lowest BCUT2D eigenvalue weighted by Gasteiger charge is -2.40. The van der Waals surface area contributed by atoms with E-state index in [0.29, 0.717) is 28.9 Å². The molecule has 1 aliphatic rings. The van der Waals surface area contributed by atoms with Crippen molar-refractivity contribution in [1.82, 2.24) is 9.55 Å². The van der Waals surface area contributed by atoms with Crippen LogP contribution in [-0.2, 0) is 6.42 Å². The molecule has 2 aromatic carbocycles. The van der Waals surface area contributed by atoms with E-state index in [2.05, 4.69) is 75.6 Å². The summed E-state index contributed by atoms with van der Waals surface area (Å²) >= 11 is 0. The van der Waals surface area contributed by atoms with Gasteiger partial charge in [0.1, 0.15) is 5.82 Å². The number of rotatable bonds is 4. The van der Waals surface area contributed by atoms with Gasteiger partial charge in [0.15, 0.2) is 0 Å². The number of nitrogens with zero attached hydrogens (tertiary/aromatic N) is 3. The highest BCUT2D eigenvalue weighted by atomic mass is 15.1. The molecular weight excluding hydrogens is 366 g/mol. The number of imidazole rings is 1. The Kier molecular flexibility index (Phi) is 5.45. The quantitative estimate of drug-likeness (QED) is 0.473. The molecule has 1 saturated carbocycles. The topological polar surface area (TPSA) is 41.6 Å². The second-order valence-electron chi connectivity index (χ2n) is 10.4. The fraction of sp³-hybridized carbons (Fsp3) is 0.481. The first kappa shape index (κ1) is 20.7. The van der Waals surface area contributed by atoms with Gasteiger partial charge < -0.3 is 4.57 Å². The third-order valence-corrected chi connectivity index (χ3v) is 6.63. The maximum absolute atomic E-state index is 9.35. The van der Waals surface area contributed by atoms with Crippen LogP contribution in [0.4, 0.5) is 0 Å². The molecule has 4 rings (SSSR count). The Hall–Kier alpha value is -2.60. The van der Waals surface area contributed by atoms with E-state index in [0.717, 1.165) is 23.3 Å². The monoisotopic (exact) mass is 399 g/mol. The van der Waals surface area contributed by atoms with Gasteiger partial charge in [-0.15, -0.1) is 0 Å². The van der Waals surface area contributed by atoms with Crippen molar-refractivity contribution < 1.29 is 0 Å². The molecule has 3 nitrogen and oxygen atoms in total. The molecular formula is C27H33N3. The zero-order valence-electron chi connectivity index (χ0n) is 18.9. The van der Waals surface area contributed by atoms with Crippen LogP contribution in [0, 0.1) is 22.7 Å². The molecule has 0 spiro atoms. The number of fused-ring (bicyclic) bond motifs is 1. The molecule has 0 aliphatic heterocycles. The Morgan fingerprint density at radius 1 is 1.13 bits per heavy atom. The average molecular weight is 400 g/mol. The van der Waals surface area contributed by atoms with Gasteiger partial charge in [0.2, 0.25) is 0 Å². The lowest BCUT2D eigenvalue weighted by molar-refractivity contribution is 0.137. The van der Waals surface area contributed by atoms with E-state index >= 15 is 0 Å². The largest absolute Gasteiger partial charge is 0.325 e. The molecule has 0 N–H and O–H groups in total. The van der Waals surface area contributed by atoms with Gasteiger partial charge in [-0.2, -0.15) is 5.26 Å². The smallest absolute Gasteiger partial charge is 0.114 e. The standard InChI is InChI=1S/C27H33N3/c1-18(2)22-9-6-20(7-10-22)14-26-29-24-13-21(17-28)8-11-25(24)30(26)23-12-19(3)15-27(4,5)16-23/h6-11,13,18-19,23H,12,14-16H2,1-5H3/t19-,23+/m1/s1. The number of aromatic nitrogens is 2. The summed E-state index contributed by atoms with van der Waals surface area (Å²) in [7, 11) is 0. The second kappa shape index (κ2) is 7.91. The van der Waals surface area contributed by atoms with Crippen LogP contribution in [0.5, 0.6) is 0 Å². The van der Waals surface area contributed by atoms with Crippen LogP contribution in [0.1, 0.15) is 88.4 Å². The summed E-state index contributed by atoms with van der Waals surface area (Å²) in [5.41, 5.74) is 5.78. The van der Waals surface area contributed by atoms with Gasteiger partial charge in [-0.3, -0.25) is 0 Å². The van der Waals surface area contributed by atoms with Gasteiger partial charge in [0, 0.05) is 12.5 Å². The minimum atomic E-state index is 0.335. The van der Waals surface area contributed by atoms with Crippen LogP contribution >= 0.6 is 0 Å². The predicted molar refractivity (Wildman–Crippen MR) is 124 cm³/mol. The van der Waals surface area contributed by atoms with Crippen molar-refractivity contribution in [2.24, 2.45) is 11.3 Å². The van der Waals surface area contributed by atoms with Gasteiger partial charge in [-0.1, -0.05) is 58.9 Å². The molecule has 2 atom stereocenters. The Labute approximate surface area is 180 Å². The Morgan fingerprint density at radius 3 is 2.50 bits per heavy atom. The van der Waals surface area contributed by atoms with E-state index in [4.69, 9.17) is 4.98 Å². The van der Waals surface area contributed by atoms with Crippen LogP contribution in [0.25, 0.3) is 11.0 Å². The van der Waals surface area contributed by atoms with Crippen LogP contribution in [0.3, 0.4) is 0 Å². The molecule has 1 fully saturated rings. The van der Waals surface area contributed by atoms with Crippen molar-refractivity contribution >= 4 is 11.0 Å². The Morgan fingerprint density at radius 2 is 1.87 bits per heavy atom. The summed E-state index contributed by atoms with van der Waals surface area (Å²) in [6.45, 7) is 11.6. The molecule has 3 aromatic rings. The number of benzene rings is 2. The van der Waals surface area contributed by atoms with E-state index in [1.165, 1.54) is 30.4 Å². The van der Waals surface area contributed by atoms with E-state index in [-0.39, 0.29) is 0 Å². The van der Waals surface area contributed by atoms with Crippen molar-refractivity contribution in [2.75, 3.05) is 0 Å². The van der Waals surface area contributed by atoms with Crippen LogP contribution in [-0.4, -0.2) is 9.55 Å². The summed E-state index contributed by atoms with van der Waals surface area (Å²) in [5.74, 6) is 2.36. The molecule has 0 unspecified atom stereocenters. The summed E-state index contributed by atoms with van der Waals surface area (Å²) in [5, 5.41) is 9.35. The zero-order chi connectivity index (χ0) is 21.5. The highest BCUT2D eigenvalue weighted by Gasteiger charge is 2.34. The predicted octanol–water partition coefficient (Wildman–Crippen LogP) is 7.01. The molecule has 0 saturated heterocycles. The summed E-state index contributed by atoms with van der Waals surface area (Å²) < 4.78 is 2.49. The van der Waals surface area contributed by atoms with Gasteiger partial charge in [-0.25, -0.2) is 4.98 Å². The molecule has 0 radical (unpaired) electrons. The molecule has 1 aromatic heterocycles. The molecule has 1 aliphatic carbocycles. The summed E-state index contributed by atoms with van der Waals surface area (Å²) in [4.78, 5) is 5.03. The van der Waals surface area contributed by atoms with Gasteiger partial charge >= 0.3 is 0 Å². The maximum Gasteiger partial charge on any atom is 0.114 e. The first-order valence-corrected chi connectivity index (χ1v) is 11.3. The van der Waals surface area contributed by atoms with Crippen LogP contribution in [0.2, 0.25) is 0 Å². The fourth-order valence-electron chi connectivity index (χ4n) is 5.45. The third kappa shape index (κ3) is 4.15. The van der Waals surface area contributed by atoms with Crippen molar-refractivity contribution in [2.45, 2.75) is 72.3 Å². The minimum absolute atomic E-state index is 0.335. The molecule has 0 amide bonds. The first-order chi connectivity index (χ1) is 14.3. The fourth-order valence-corrected chi connectivity index (χ4v) is 5.45. The highest BCUT2D eigenvalue weighted by Crippen LogP contribution is 2.45. The number of nitriles is 1. The Balaban J connectivity index is 1.77. The Bertz CT molecular complexity index is 1080. The average Bonchev–Trinajstić information content (AvgIpc) is 3.03. The van der Waals surface area contributed by atoms with Gasteiger partial charge in [0.25, 0.3) is 0 Å².